The zero-order valence-electron chi connectivity index (χ0n) is 11.6. The van der Waals surface area contributed by atoms with Crippen LogP contribution in [0.5, 0.6) is 0 Å². The topological polar surface area (TPSA) is 48.5 Å². The van der Waals surface area contributed by atoms with Crippen molar-refractivity contribution in [3.8, 4) is 0 Å². The van der Waals surface area contributed by atoms with Gasteiger partial charge < -0.3 is 10.2 Å². The first-order valence-corrected chi connectivity index (χ1v) is 7.77. The number of hydrogen-bond acceptors (Lipinski definition) is 4. The lowest BCUT2D eigenvalue weighted by Gasteiger charge is -2.31. The molecule has 20 heavy (non-hydrogen) atoms. The number of likely N-dealkylation sites (tertiary alicyclic amines) is 2. The molecular weight excluding hydrogens is 320 g/mol. The number of pyridine rings is 1. The van der Waals surface area contributed by atoms with E-state index in [0.29, 0.717) is 24.3 Å². The molecule has 1 aromatic rings. The smallest absolute Gasteiger partial charge is 0.226 e. The van der Waals surface area contributed by atoms with Gasteiger partial charge in [-0.1, -0.05) is 15.9 Å². The molecule has 3 rings (SSSR count). The number of hydrogen-bond donors (Lipinski definition) is 1. The van der Waals surface area contributed by atoms with Crippen LogP contribution in [0.3, 0.4) is 0 Å². The third-order valence-corrected chi connectivity index (χ3v) is 4.74. The summed E-state index contributed by atoms with van der Waals surface area (Å²) in [6, 6.07) is 4.98. The fourth-order valence-electron chi connectivity index (χ4n) is 3.15. The number of aromatic nitrogens is 1. The normalized spacial score (nSPS) is 26.1. The minimum Gasteiger partial charge on any atom is -0.311 e. The summed E-state index contributed by atoms with van der Waals surface area (Å²) < 4.78 is 0.919. The number of piperazine rings is 1. The van der Waals surface area contributed by atoms with Gasteiger partial charge >= 0.3 is 0 Å². The molecule has 5 nitrogen and oxygen atoms in total. The highest BCUT2D eigenvalue weighted by Gasteiger charge is 2.40. The van der Waals surface area contributed by atoms with Crippen LogP contribution in [0.25, 0.3) is 0 Å². The summed E-state index contributed by atoms with van der Waals surface area (Å²) in [5, 5.41) is 2.84. The first-order valence-electron chi connectivity index (χ1n) is 6.97. The first-order chi connectivity index (χ1) is 9.61. The molecule has 0 unspecified atom stereocenters. The van der Waals surface area contributed by atoms with Crippen LogP contribution < -0.4 is 5.32 Å². The van der Waals surface area contributed by atoms with Gasteiger partial charge in [-0.15, -0.1) is 0 Å². The summed E-state index contributed by atoms with van der Waals surface area (Å²) in [6.07, 6.45) is 3.46. The molecule has 108 valence electrons. The number of amides is 1. The Kier molecular flexibility index (Phi) is 4.05. The molecule has 3 heterocycles. The molecule has 2 saturated heterocycles. The van der Waals surface area contributed by atoms with Crippen molar-refractivity contribution in [2.45, 2.75) is 24.9 Å². The van der Waals surface area contributed by atoms with Gasteiger partial charge in [-0.3, -0.25) is 9.69 Å². The Morgan fingerprint density at radius 2 is 2.35 bits per heavy atom. The van der Waals surface area contributed by atoms with Gasteiger partial charge in [-0.05, 0) is 25.6 Å². The fourth-order valence-corrected chi connectivity index (χ4v) is 3.48. The average Bonchev–Trinajstić information content (AvgIpc) is 2.95. The third kappa shape index (κ3) is 3.02. The summed E-state index contributed by atoms with van der Waals surface area (Å²) >= 11 is 3.37. The highest BCUT2D eigenvalue weighted by atomic mass is 79.9. The number of nitrogens with one attached hydrogen (secondary N) is 1. The summed E-state index contributed by atoms with van der Waals surface area (Å²) in [4.78, 5) is 20.9. The lowest BCUT2D eigenvalue weighted by Crippen LogP contribution is -2.45. The predicted molar refractivity (Wildman–Crippen MR) is 81.6 cm³/mol. The van der Waals surface area contributed by atoms with Crippen molar-refractivity contribution < 1.29 is 4.79 Å². The molecule has 1 amide bonds. The maximum atomic E-state index is 11.9. The van der Waals surface area contributed by atoms with Crippen LogP contribution in [0.2, 0.25) is 0 Å². The van der Waals surface area contributed by atoms with Crippen molar-refractivity contribution in [3.05, 3.63) is 22.8 Å². The van der Waals surface area contributed by atoms with Crippen LogP contribution >= 0.6 is 15.9 Å². The van der Waals surface area contributed by atoms with Gasteiger partial charge in [0.05, 0.1) is 0 Å². The molecule has 2 fully saturated rings. The maximum absolute atomic E-state index is 11.9. The van der Waals surface area contributed by atoms with Crippen molar-refractivity contribution in [1.29, 1.82) is 0 Å². The summed E-state index contributed by atoms with van der Waals surface area (Å²) in [7, 11) is 2.19. The van der Waals surface area contributed by atoms with Crippen LogP contribution in [0.4, 0.5) is 5.82 Å². The Labute approximate surface area is 127 Å². The van der Waals surface area contributed by atoms with E-state index < -0.39 is 0 Å². The Balaban J connectivity index is 1.46. The summed E-state index contributed by atoms with van der Waals surface area (Å²) in [5.74, 6) is 0.638. The van der Waals surface area contributed by atoms with E-state index in [1.165, 1.54) is 6.42 Å². The predicted octanol–water partition coefficient (Wildman–Crippen LogP) is 1.56. The third-order valence-electron chi connectivity index (χ3n) is 4.24. The molecule has 1 N–H and O–H groups in total. The van der Waals surface area contributed by atoms with Crippen LogP contribution in [0.1, 0.15) is 12.8 Å². The van der Waals surface area contributed by atoms with Gasteiger partial charge in [0, 0.05) is 48.8 Å². The second kappa shape index (κ2) is 5.79. The monoisotopic (exact) mass is 338 g/mol. The SMILES string of the molecule is CN1C[C@@H]2C[C@H]1CN2CCC(=O)Nc1cc(Br)ccn1. The number of fused-ring (bicyclic) bond motifs is 2. The molecule has 2 aliphatic heterocycles. The van der Waals surface area contributed by atoms with Crippen LogP contribution in [0, 0.1) is 0 Å². The Morgan fingerprint density at radius 1 is 1.50 bits per heavy atom. The molecule has 2 bridgehead atoms. The highest BCUT2D eigenvalue weighted by Crippen LogP contribution is 2.29. The number of rotatable bonds is 4. The summed E-state index contributed by atoms with van der Waals surface area (Å²) in [6.45, 7) is 3.08. The number of nitrogens with zero attached hydrogens (tertiary/aromatic N) is 3. The van der Waals surface area contributed by atoms with E-state index >= 15 is 0 Å². The van der Waals surface area contributed by atoms with Crippen LogP contribution in [-0.4, -0.2) is 59.5 Å². The van der Waals surface area contributed by atoms with Crippen LogP contribution in [-0.2, 0) is 4.79 Å². The molecule has 0 radical (unpaired) electrons. The molecule has 2 atom stereocenters. The number of anilines is 1. The lowest BCUT2D eigenvalue weighted by molar-refractivity contribution is -0.116. The van der Waals surface area contributed by atoms with Crippen molar-refractivity contribution in [3.63, 3.8) is 0 Å². The lowest BCUT2D eigenvalue weighted by atomic mass is 10.2. The molecule has 2 aliphatic rings. The zero-order chi connectivity index (χ0) is 14.1. The van der Waals surface area contributed by atoms with Crippen LogP contribution in [0.15, 0.2) is 22.8 Å². The van der Waals surface area contributed by atoms with Gasteiger partial charge in [-0.25, -0.2) is 4.98 Å². The van der Waals surface area contributed by atoms with Gasteiger partial charge in [0.2, 0.25) is 5.91 Å². The Hall–Kier alpha value is -0.980. The van der Waals surface area contributed by atoms with E-state index in [4.69, 9.17) is 0 Å². The van der Waals surface area contributed by atoms with Gasteiger partial charge in [0.15, 0.2) is 0 Å². The number of carbonyl (C=O) groups is 1. The molecule has 0 aliphatic carbocycles. The van der Waals surface area contributed by atoms with Gasteiger partial charge in [0.1, 0.15) is 5.82 Å². The minimum absolute atomic E-state index is 0.0340. The van der Waals surface area contributed by atoms with E-state index in [9.17, 15) is 4.79 Å². The Bertz CT molecular complexity index is 508. The van der Waals surface area contributed by atoms with E-state index in [1.807, 2.05) is 12.1 Å². The van der Waals surface area contributed by atoms with E-state index in [2.05, 4.69) is 43.1 Å². The summed E-state index contributed by atoms with van der Waals surface area (Å²) in [5.41, 5.74) is 0. The maximum Gasteiger partial charge on any atom is 0.226 e. The minimum atomic E-state index is 0.0340. The molecule has 1 aromatic heterocycles. The zero-order valence-corrected chi connectivity index (χ0v) is 13.1. The molecule has 0 aromatic carbocycles. The van der Waals surface area contributed by atoms with Crippen molar-refractivity contribution in [2.24, 2.45) is 0 Å². The number of likely N-dealkylation sites (N-methyl/N-ethyl adjacent to an activating group) is 1. The molecular formula is C14H19BrN4O. The average molecular weight is 339 g/mol. The first kappa shape index (κ1) is 14.0. The number of halogens is 1. The van der Waals surface area contributed by atoms with E-state index in [-0.39, 0.29) is 5.91 Å². The standard InChI is InChI=1S/C14H19BrN4O/c1-18-8-12-7-11(18)9-19(12)5-3-14(20)17-13-6-10(15)2-4-16-13/h2,4,6,11-12H,3,5,7-9H2,1H3,(H,16,17,20)/t11-,12-/m0/s1. The van der Waals surface area contributed by atoms with E-state index in [1.54, 1.807) is 6.20 Å². The molecule has 0 spiro atoms. The van der Waals surface area contributed by atoms with Gasteiger partial charge in [0.25, 0.3) is 0 Å². The second-order valence-corrected chi connectivity index (χ2v) is 6.55. The fraction of sp³-hybridized carbons (Fsp3) is 0.571. The largest absolute Gasteiger partial charge is 0.311 e. The van der Waals surface area contributed by atoms with E-state index in [0.717, 1.165) is 24.1 Å². The number of carbonyl (C=O) groups excluding carboxylic acids is 1. The molecule has 0 saturated carbocycles. The molecule has 6 heteroatoms. The van der Waals surface area contributed by atoms with Gasteiger partial charge in [-0.2, -0.15) is 0 Å². The van der Waals surface area contributed by atoms with Crippen molar-refractivity contribution in [2.75, 3.05) is 32.0 Å². The van der Waals surface area contributed by atoms with Crippen molar-refractivity contribution in [1.82, 2.24) is 14.8 Å². The quantitative estimate of drug-likeness (QED) is 0.905. The van der Waals surface area contributed by atoms with Crippen molar-refractivity contribution >= 4 is 27.7 Å². The second-order valence-electron chi connectivity index (χ2n) is 5.64. The Morgan fingerprint density at radius 3 is 3.00 bits per heavy atom. The highest BCUT2D eigenvalue weighted by molar-refractivity contribution is 9.10.